The van der Waals surface area contributed by atoms with Crippen molar-refractivity contribution in [3.63, 3.8) is 0 Å². The van der Waals surface area contributed by atoms with Crippen LogP contribution in [0, 0.1) is 5.92 Å². The van der Waals surface area contributed by atoms with E-state index in [0.29, 0.717) is 12.5 Å². The molecule has 5 nitrogen and oxygen atoms in total. The third kappa shape index (κ3) is 2.61. The average Bonchev–Trinajstić information content (AvgIpc) is 3.19. The molecule has 0 spiro atoms. The molecule has 0 bridgehead atoms. The van der Waals surface area contributed by atoms with Crippen molar-refractivity contribution < 1.29 is 14.7 Å². The van der Waals surface area contributed by atoms with Crippen molar-refractivity contribution in [2.75, 3.05) is 24.5 Å². The topological polar surface area (TPSA) is 69.6 Å². The molecule has 0 saturated heterocycles. The quantitative estimate of drug-likeness (QED) is 0.846. The lowest BCUT2D eigenvalue weighted by atomic mass is 10.0. The molecule has 1 unspecified atom stereocenters. The minimum atomic E-state index is -0.835. The summed E-state index contributed by atoms with van der Waals surface area (Å²) in [5.41, 5.74) is 1.66. The standard InChI is InChI=1S/C15H18N2O3/c18-14(16-7-10-5-6-10)9-17-8-12(15(19)20)11-3-1-2-4-13(11)17/h1-4,10,12H,5-9H2,(H,16,18)(H,19,20). The number of nitrogens with zero attached hydrogens (tertiary/aromatic N) is 1. The fourth-order valence-corrected chi connectivity index (χ4v) is 2.66. The van der Waals surface area contributed by atoms with Crippen LogP contribution >= 0.6 is 0 Å². The van der Waals surface area contributed by atoms with Gasteiger partial charge in [0.15, 0.2) is 0 Å². The van der Waals surface area contributed by atoms with Crippen molar-refractivity contribution in [2.45, 2.75) is 18.8 Å². The fourth-order valence-electron chi connectivity index (χ4n) is 2.66. The van der Waals surface area contributed by atoms with Crippen LogP contribution in [0.15, 0.2) is 24.3 Å². The van der Waals surface area contributed by atoms with Crippen molar-refractivity contribution in [1.29, 1.82) is 0 Å². The van der Waals surface area contributed by atoms with Gasteiger partial charge in [0.2, 0.25) is 5.91 Å². The van der Waals surface area contributed by atoms with Crippen LogP contribution in [0.25, 0.3) is 0 Å². The third-order valence-electron chi connectivity index (χ3n) is 3.97. The second kappa shape index (κ2) is 5.15. The molecule has 1 aromatic rings. The Morgan fingerprint density at radius 1 is 1.30 bits per heavy atom. The second-order valence-corrected chi connectivity index (χ2v) is 5.58. The van der Waals surface area contributed by atoms with E-state index in [1.807, 2.05) is 29.2 Å². The van der Waals surface area contributed by atoms with Crippen LogP contribution in [0.2, 0.25) is 0 Å². The number of benzene rings is 1. The molecule has 1 heterocycles. The number of carboxylic acids is 1. The van der Waals surface area contributed by atoms with Crippen molar-refractivity contribution in [2.24, 2.45) is 5.92 Å². The van der Waals surface area contributed by atoms with Crippen molar-refractivity contribution in [1.82, 2.24) is 5.32 Å². The largest absolute Gasteiger partial charge is 0.481 e. The summed E-state index contributed by atoms with van der Waals surface area (Å²) in [4.78, 5) is 25.1. The van der Waals surface area contributed by atoms with Gasteiger partial charge in [0, 0.05) is 18.8 Å². The Morgan fingerprint density at radius 3 is 2.75 bits per heavy atom. The number of anilines is 1. The highest BCUT2D eigenvalue weighted by molar-refractivity contribution is 5.87. The maximum atomic E-state index is 11.9. The number of aliphatic carboxylic acids is 1. The number of hydrogen-bond donors (Lipinski definition) is 2. The van der Waals surface area contributed by atoms with E-state index in [1.54, 1.807) is 0 Å². The number of carboxylic acid groups (broad SMARTS) is 1. The van der Waals surface area contributed by atoms with E-state index < -0.39 is 11.9 Å². The molecule has 0 aromatic heterocycles. The van der Waals surface area contributed by atoms with Crippen LogP contribution in [0.1, 0.15) is 24.3 Å². The third-order valence-corrected chi connectivity index (χ3v) is 3.97. The summed E-state index contributed by atoms with van der Waals surface area (Å²) >= 11 is 0. The van der Waals surface area contributed by atoms with Crippen molar-refractivity contribution in [3.8, 4) is 0 Å². The molecule has 1 aliphatic carbocycles. The first-order valence-electron chi connectivity index (χ1n) is 6.98. The molecule has 3 rings (SSSR count). The summed E-state index contributed by atoms with van der Waals surface area (Å²) in [5.74, 6) is -0.755. The van der Waals surface area contributed by atoms with Gasteiger partial charge in [-0.3, -0.25) is 9.59 Å². The highest BCUT2D eigenvalue weighted by Crippen LogP contribution is 2.35. The van der Waals surface area contributed by atoms with Gasteiger partial charge in [0.1, 0.15) is 5.92 Å². The van der Waals surface area contributed by atoms with Gasteiger partial charge in [-0.25, -0.2) is 0 Å². The molecule has 5 heteroatoms. The minimum Gasteiger partial charge on any atom is -0.481 e. The molecule has 1 aliphatic heterocycles. The number of carbonyl (C=O) groups excluding carboxylic acids is 1. The van der Waals surface area contributed by atoms with Gasteiger partial charge in [-0.05, 0) is 30.4 Å². The SMILES string of the molecule is O=C(CN1CC(C(=O)O)c2ccccc21)NCC1CC1. The molecule has 20 heavy (non-hydrogen) atoms. The Kier molecular flexibility index (Phi) is 3.34. The predicted octanol–water partition coefficient (Wildman–Crippen LogP) is 1.20. The molecular formula is C15H18N2O3. The highest BCUT2D eigenvalue weighted by atomic mass is 16.4. The molecule has 1 saturated carbocycles. The van der Waals surface area contributed by atoms with E-state index in [1.165, 1.54) is 12.8 Å². The monoisotopic (exact) mass is 274 g/mol. The summed E-state index contributed by atoms with van der Waals surface area (Å²) in [6.07, 6.45) is 2.40. The molecule has 1 amide bonds. The average molecular weight is 274 g/mol. The molecule has 2 N–H and O–H groups in total. The van der Waals surface area contributed by atoms with Crippen LogP contribution in [0.3, 0.4) is 0 Å². The Bertz CT molecular complexity index is 540. The Labute approximate surface area is 117 Å². The van der Waals surface area contributed by atoms with Crippen LogP contribution in [0.5, 0.6) is 0 Å². The Morgan fingerprint density at radius 2 is 2.05 bits per heavy atom. The summed E-state index contributed by atoms with van der Waals surface area (Å²) in [6.45, 7) is 1.34. The van der Waals surface area contributed by atoms with E-state index in [2.05, 4.69) is 5.32 Å². The summed E-state index contributed by atoms with van der Waals surface area (Å²) in [5, 5.41) is 12.2. The summed E-state index contributed by atoms with van der Waals surface area (Å²) in [7, 11) is 0. The van der Waals surface area contributed by atoms with Crippen LogP contribution in [-0.2, 0) is 9.59 Å². The van der Waals surface area contributed by atoms with Gasteiger partial charge in [0.05, 0.1) is 6.54 Å². The predicted molar refractivity (Wildman–Crippen MR) is 74.8 cm³/mol. The van der Waals surface area contributed by atoms with E-state index in [9.17, 15) is 14.7 Å². The first-order chi connectivity index (χ1) is 9.65. The minimum absolute atomic E-state index is 0.0299. The number of amides is 1. The summed E-state index contributed by atoms with van der Waals surface area (Å²) in [6, 6.07) is 7.42. The van der Waals surface area contributed by atoms with Crippen LogP contribution in [-0.4, -0.2) is 36.6 Å². The number of hydrogen-bond acceptors (Lipinski definition) is 3. The van der Waals surface area contributed by atoms with Gasteiger partial charge < -0.3 is 15.3 Å². The highest BCUT2D eigenvalue weighted by Gasteiger charge is 2.34. The van der Waals surface area contributed by atoms with Gasteiger partial charge in [-0.1, -0.05) is 18.2 Å². The molecule has 1 atom stereocenters. The Balaban J connectivity index is 1.67. The van der Waals surface area contributed by atoms with Gasteiger partial charge in [-0.15, -0.1) is 0 Å². The number of carbonyl (C=O) groups is 2. The molecule has 106 valence electrons. The van der Waals surface area contributed by atoms with Crippen molar-refractivity contribution in [3.05, 3.63) is 29.8 Å². The molecule has 1 aromatic carbocycles. The molecule has 0 radical (unpaired) electrons. The van der Waals surface area contributed by atoms with Crippen molar-refractivity contribution >= 4 is 17.6 Å². The molecular weight excluding hydrogens is 256 g/mol. The molecule has 2 aliphatic rings. The summed E-state index contributed by atoms with van der Waals surface area (Å²) < 4.78 is 0. The zero-order valence-corrected chi connectivity index (χ0v) is 11.2. The smallest absolute Gasteiger partial charge is 0.312 e. The first-order valence-corrected chi connectivity index (χ1v) is 6.98. The first kappa shape index (κ1) is 13.0. The Hall–Kier alpha value is -2.04. The number of para-hydroxylation sites is 1. The second-order valence-electron chi connectivity index (χ2n) is 5.58. The maximum Gasteiger partial charge on any atom is 0.312 e. The van der Waals surface area contributed by atoms with E-state index in [4.69, 9.17) is 0 Å². The zero-order chi connectivity index (χ0) is 14.1. The van der Waals surface area contributed by atoms with E-state index in [0.717, 1.165) is 17.8 Å². The lowest BCUT2D eigenvalue weighted by Crippen LogP contribution is -2.38. The number of rotatable bonds is 5. The van der Waals surface area contributed by atoms with Crippen LogP contribution < -0.4 is 10.2 Å². The zero-order valence-electron chi connectivity index (χ0n) is 11.2. The van der Waals surface area contributed by atoms with Crippen LogP contribution in [0.4, 0.5) is 5.69 Å². The lowest BCUT2D eigenvalue weighted by Gasteiger charge is -2.18. The maximum absolute atomic E-state index is 11.9. The number of nitrogens with one attached hydrogen (secondary N) is 1. The number of fused-ring (bicyclic) bond motifs is 1. The van der Waals surface area contributed by atoms with E-state index in [-0.39, 0.29) is 12.5 Å². The van der Waals surface area contributed by atoms with Gasteiger partial charge >= 0.3 is 5.97 Å². The lowest BCUT2D eigenvalue weighted by molar-refractivity contribution is -0.138. The normalized spacial score (nSPS) is 20.6. The molecule has 1 fully saturated rings. The fraction of sp³-hybridized carbons (Fsp3) is 0.467. The van der Waals surface area contributed by atoms with Gasteiger partial charge in [0.25, 0.3) is 0 Å². The van der Waals surface area contributed by atoms with Gasteiger partial charge in [-0.2, -0.15) is 0 Å². The van der Waals surface area contributed by atoms with E-state index >= 15 is 0 Å².